The molecule has 0 bridgehead atoms. The number of carbonyl (C=O) groups excluding carboxylic acids is 2. The Bertz CT molecular complexity index is 856. The van der Waals surface area contributed by atoms with Crippen LogP contribution in [0.25, 0.3) is 0 Å². The van der Waals surface area contributed by atoms with Crippen LogP contribution in [0.1, 0.15) is 22.3 Å². The fraction of sp³-hybridized carbons (Fsp3) is 0.333. The number of anilines is 1. The van der Waals surface area contributed by atoms with Crippen LogP contribution in [0.5, 0.6) is 5.75 Å². The van der Waals surface area contributed by atoms with Gasteiger partial charge in [-0.2, -0.15) is 0 Å². The zero-order valence-electron chi connectivity index (χ0n) is 15.7. The number of rotatable bonds is 7. The van der Waals surface area contributed by atoms with Crippen molar-refractivity contribution in [3.8, 4) is 5.75 Å². The van der Waals surface area contributed by atoms with Crippen molar-refractivity contribution < 1.29 is 19.1 Å². The fourth-order valence-corrected chi connectivity index (χ4v) is 3.24. The van der Waals surface area contributed by atoms with Gasteiger partial charge in [0.15, 0.2) is 0 Å². The Morgan fingerprint density at radius 2 is 2.11 bits per heavy atom. The van der Waals surface area contributed by atoms with Crippen molar-refractivity contribution in [3.05, 3.63) is 58.6 Å². The second-order valence-corrected chi connectivity index (χ2v) is 7.07. The van der Waals surface area contributed by atoms with E-state index in [1.807, 2.05) is 12.1 Å². The van der Waals surface area contributed by atoms with E-state index < -0.39 is 0 Å². The highest BCUT2D eigenvalue weighted by molar-refractivity contribution is 6.31. The lowest BCUT2D eigenvalue weighted by atomic mass is 9.95. The van der Waals surface area contributed by atoms with Crippen molar-refractivity contribution in [3.63, 3.8) is 0 Å². The Kier molecular flexibility index (Phi) is 6.90. The van der Waals surface area contributed by atoms with Gasteiger partial charge in [-0.3, -0.25) is 9.59 Å². The quantitative estimate of drug-likeness (QED) is 0.697. The van der Waals surface area contributed by atoms with Crippen LogP contribution < -0.4 is 15.4 Å². The molecule has 0 aromatic heterocycles. The summed E-state index contributed by atoms with van der Waals surface area (Å²) in [4.78, 5) is 24.7. The van der Waals surface area contributed by atoms with Crippen LogP contribution in [-0.4, -0.2) is 38.7 Å². The zero-order chi connectivity index (χ0) is 19.9. The number of halogens is 1. The smallest absolute Gasteiger partial charge is 0.255 e. The highest BCUT2D eigenvalue weighted by atomic mass is 35.5. The summed E-state index contributed by atoms with van der Waals surface area (Å²) in [6, 6.07) is 12.2. The van der Waals surface area contributed by atoms with Crippen LogP contribution >= 0.6 is 11.6 Å². The normalized spacial score (nSPS) is 15.3. The van der Waals surface area contributed by atoms with Gasteiger partial charge in [0.25, 0.3) is 5.91 Å². The van der Waals surface area contributed by atoms with E-state index in [4.69, 9.17) is 21.1 Å². The summed E-state index contributed by atoms with van der Waals surface area (Å²) in [5.41, 5.74) is 2.02. The first-order valence-corrected chi connectivity index (χ1v) is 9.54. The van der Waals surface area contributed by atoms with Crippen molar-refractivity contribution in [2.75, 3.05) is 32.2 Å². The molecule has 0 unspecified atom stereocenters. The molecule has 148 valence electrons. The molecule has 2 amide bonds. The van der Waals surface area contributed by atoms with Gasteiger partial charge in [-0.25, -0.2) is 0 Å². The molecule has 3 rings (SSSR count). The summed E-state index contributed by atoms with van der Waals surface area (Å²) in [6.07, 6.45) is 1.33. The van der Waals surface area contributed by atoms with Gasteiger partial charge in [-0.1, -0.05) is 17.7 Å². The second-order valence-electron chi connectivity index (χ2n) is 6.64. The highest BCUT2D eigenvalue weighted by Crippen LogP contribution is 2.30. The molecule has 2 N–H and O–H groups in total. The Labute approximate surface area is 169 Å². The maximum atomic E-state index is 12.4. The molecule has 0 fully saturated rings. The van der Waals surface area contributed by atoms with Crippen molar-refractivity contribution in [1.82, 2.24) is 5.32 Å². The summed E-state index contributed by atoms with van der Waals surface area (Å²) in [5, 5.41) is 6.28. The van der Waals surface area contributed by atoms with Gasteiger partial charge in [-0.05, 0) is 54.8 Å². The molecule has 2 aromatic carbocycles. The average molecular weight is 403 g/mol. The molecular weight excluding hydrogens is 380 g/mol. The Balaban J connectivity index is 1.63. The standard InChI is InChI=1S/C21H23ClN2O4/c1-27-9-3-8-23-20(25)16-10-15-12-18(6-7-19(15)28-13-16)24-21(26)14-4-2-5-17(22)11-14/h2,4-7,11-12,16H,3,8-10,13H2,1H3,(H,23,25)(H,24,26)/t16-/m0/s1. The summed E-state index contributed by atoms with van der Waals surface area (Å²) in [5.74, 6) is 0.208. The molecular formula is C21H23ClN2O4. The second kappa shape index (κ2) is 9.57. The molecule has 2 aromatic rings. The molecule has 1 aliphatic rings. The number of carbonyl (C=O) groups is 2. The summed E-state index contributed by atoms with van der Waals surface area (Å²) >= 11 is 5.94. The summed E-state index contributed by atoms with van der Waals surface area (Å²) in [7, 11) is 1.64. The fourth-order valence-electron chi connectivity index (χ4n) is 3.05. The van der Waals surface area contributed by atoms with E-state index in [0.29, 0.717) is 42.5 Å². The van der Waals surface area contributed by atoms with E-state index in [9.17, 15) is 9.59 Å². The maximum absolute atomic E-state index is 12.4. The number of fused-ring (bicyclic) bond motifs is 1. The predicted octanol–water partition coefficient (Wildman–Crippen LogP) is 3.30. The molecule has 7 heteroatoms. The molecule has 1 aliphatic heterocycles. The number of nitrogens with one attached hydrogen (secondary N) is 2. The minimum atomic E-state index is -0.256. The van der Waals surface area contributed by atoms with Gasteiger partial charge in [0, 0.05) is 36.5 Å². The predicted molar refractivity (Wildman–Crippen MR) is 108 cm³/mol. The third-order valence-electron chi connectivity index (χ3n) is 4.51. The van der Waals surface area contributed by atoms with E-state index in [2.05, 4.69) is 10.6 Å². The van der Waals surface area contributed by atoms with Crippen LogP contribution in [0.4, 0.5) is 5.69 Å². The lowest BCUT2D eigenvalue weighted by molar-refractivity contribution is -0.126. The zero-order valence-corrected chi connectivity index (χ0v) is 16.4. The number of amides is 2. The number of methoxy groups -OCH3 is 1. The number of hydrogen-bond donors (Lipinski definition) is 2. The van der Waals surface area contributed by atoms with Crippen LogP contribution in [0.2, 0.25) is 5.02 Å². The van der Waals surface area contributed by atoms with Crippen molar-refractivity contribution in [1.29, 1.82) is 0 Å². The topological polar surface area (TPSA) is 76.7 Å². The summed E-state index contributed by atoms with van der Waals surface area (Å²) in [6.45, 7) is 1.53. The van der Waals surface area contributed by atoms with Gasteiger partial charge in [0.1, 0.15) is 12.4 Å². The first-order chi connectivity index (χ1) is 13.6. The largest absolute Gasteiger partial charge is 0.492 e. The first kappa shape index (κ1) is 20.2. The van der Waals surface area contributed by atoms with E-state index >= 15 is 0 Å². The molecule has 28 heavy (non-hydrogen) atoms. The summed E-state index contributed by atoms with van der Waals surface area (Å²) < 4.78 is 10.7. The molecule has 0 spiro atoms. The Hall–Kier alpha value is -2.57. The molecule has 0 aliphatic carbocycles. The van der Waals surface area contributed by atoms with Gasteiger partial charge >= 0.3 is 0 Å². The average Bonchev–Trinajstić information content (AvgIpc) is 2.70. The number of benzene rings is 2. The third-order valence-corrected chi connectivity index (χ3v) is 4.74. The van der Waals surface area contributed by atoms with Crippen molar-refractivity contribution in [2.24, 2.45) is 5.92 Å². The van der Waals surface area contributed by atoms with E-state index in [-0.39, 0.29) is 17.7 Å². The highest BCUT2D eigenvalue weighted by Gasteiger charge is 2.26. The lowest BCUT2D eigenvalue weighted by Gasteiger charge is -2.25. The van der Waals surface area contributed by atoms with Gasteiger partial charge in [0.05, 0.1) is 5.92 Å². The molecule has 0 saturated carbocycles. The maximum Gasteiger partial charge on any atom is 0.255 e. The van der Waals surface area contributed by atoms with Crippen LogP contribution in [0.15, 0.2) is 42.5 Å². The van der Waals surface area contributed by atoms with E-state index in [1.165, 1.54) is 0 Å². The van der Waals surface area contributed by atoms with Gasteiger partial charge < -0.3 is 20.1 Å². The molecule has 0 radical (unpaired) electrons. The first-order valence-electron chi connectivity index (χ1n) is 9.16. The van der Waals surface area contributed by atoms with E-state index in [0.717, 1.165) is 17.7 Å². The Morgan fingerprint density at radius 1 is 1.25 bits per heavy atom. The Morgan fingerprint density at radius 3 is 2.89 bits per heavy atom. The van der Waals surface area contributed by atoms with Gasteiger partial charge in [-0.15, -0.1) is 0 Å². The van der Waals surface area contributed by atoms with E-state index in [1.54, 1.807) is 37.4 Å². The minimum Gasteiger partial charge on any atom is -0.492 e. The molecule has 0 saturated heterocycles. The lowest BCUT2D eigenvalue weighted by Crippen LogP contribution is -2.38. The molecule has 6 nitrogen and oxygen atoms in total. The monoisotopic (exact) mass is 402 g/mol. The van der Waals surface area contributed by atoms with Gasteiger partial charge in [0.2, 0.25) is 5.91 Å². The number of hydrogen-bond acceptors (Lipinski definition) is 4. The van der Waals surface area contributed by atoms with Crippen molar-refractivity contribution >= 4 is 29.1 Å². The van der Waals surface area contributed by atoms with Crippen LogP contribution in [0, 0.1) is 5.92 Å². The number of ether oxygens (including phenoxy) is 2. The van der Waals surface area contributed by atoms with Crippen LogP contribution in [-0.2, 0) is 16.0 Å². The minimum absolute atomic E-state index is 0.0323. The SMILES string of the molecule is COCCCNC(=O)[C@@H]1COc2ccc(NC(=O)c3cccc(Cl)c3)cc2C1. The van der Waals surface area contributed by atoms with Crippen molar-refractivity contribution in [2.45, 2.75) is 12.8 Å². The third kappa shape index (κ3) is 5.24. The molecule has 1 heterocycles. The molecule has 1 atom stereocenters. The van der Waals surface area contributed by atoms with Crippen LogP contribution in [0.3, 0.4) is 0 Å².